The Hall–Kier alpha value is -8.98. The lowest BCUT2D eigenvalue weighted by atomic mass is 9.72. The van der Waals surface area contributed by atoms with E-state index in [4.69, 9.17) is 0 Å². The van der Waals surface area contributed by atoms with Crippen LogP contribution in [0.15, 0.2) is 176 Å². The molecule has 0 saturated heterocycles. The van der Waals surface area contributed by atoms with Crippen LogP contribution in [-0.4, -0.2) is 0 Å². The van der Waals surface area contributed by atoms with Crippen LogP contribution >= 0.6 is 0 Å². The molecule has 0 amide bonds. The fourth-order valence-corrected chi connectivity index (χ4v) is 25.8. The minimum atomic E-state index is 1.08. The first kappa shape index (κ1) is 102. The first-order valence-electron chi connectivity index (χ1n) is 59.6. The highest BCUT2D eigenvalue weighted by atomic mass is 15.1. The number of benzene rings is 17. The fourth-order valence-electron chi connectivity index (χ4n) is 25.8. The Morgan fingerprint density at radius 2 is 0.264 bits per heavy atom. The molecule has 742 valence electrons. The van der Waals surface area contributed by atoms with E-state index in [0.717, 1.165) is 44.9 Å². The van der Waals surface area contributed by atoms with Gasteiger partial charge in [0.15, 0.2) is 0 Å². The van der Waals surface area contributed by atoms with E-state index >= 15 is 0 Å². The van der Waals surface area contributed by atoms with Crippen LogP contribution in [0.4, 0.5) is 34.1 Å². The summed E-state index contributed by atoms with van der Waals surface area (Å²) in [6.45, 7) is 16.5. The van der Waals surface area contributed by atoms with Crippen molar-refractivity contribution in [3.63, 3.8) is 0 Å². The van der Waals surface area contributed by atoms with Gasteiger partial charge in [0.25, 0.3) is 0 Å². The monoisotopic (exact) mass is 1870 g/mol. The maximum atomic E-state index is 2.81. The van der Waals surface area contributed by atoms with Crippen molar-refractivity contribution >= 4 is 163 Å². The SMILES string of the molecule is CCCCCCCCCCCCc1cc2c3cc(CCCCCCCCCCCC)cc4c5cc(N(c6ccc(CCCCCCCC)cc6)c6ccc(CCCCCCCC)cc6)cc6c7cc(CCCCCCCCCCCC)cc8c9cc(CCCCCCCCCCCC)cc%10c%11cc(N(c%12ccccc%12)c%12ccc(CCCCCCCC)cc%12)cc%12c(c1)c2c1c(c34)c(c56)c(c87)c(c9%10)c1c%12%11. The molecule has 0 spiro atoms. The summed E-state index contributed by atoms with van der Waals surface area (Å²) in [5.41, 5.74) is 17.9. The minimum Gasteiger partial charge on any atom is -0.310 e. The summed E-state index contributed by atoms with van der Waals surface area (Å²) in [5, 5.41) is 35.5. The van der Waals surface area contributed by atoms with E-state index in [2.05, 4.69) is 234 Å². The first-order chi connectivity index (χ1) is 69.3. The van der Waals surface area contributed by atoms with Crippen molar-refractivity contribution in [2.24, 2.45) is 0 Å². The molecule has 0 aliphatic carbocycles. The van der Waals surface area contributed by atoms with Gasteiger partial charge in [0.05, 0.1) is 0 Å². The van der Waals surface area contributed by atoms with E-state index in [1.54, 1.807) is 0 Å². The van der Waals surface area contributed by atoms with Crippen LogP contribution in [0.5, 0.6) is 0 Å². The topological polar surface area (TPSA) is 6.48 Å². The van der Waals surface area contributed by atoms with Gasteiger partial charge in [-0.15, -0.1) is 0 Å². The quantitative estimate of drug-likeness (QED) is 0.0213. The fraction of sp³-hybridized carbons (Fsp3) is 0.522. The molecular formula is C138H180N2. The highest BCUT2D eigenvalue weighted by Crippen LogP contribution is 2.63. The van der Waals surface area contributed by atoms with E-state index in [1.165, 1.54) is 575 Å². The molecule has 0 unspecified atom stereocenters. The Balaban J connectivity index is 0.946. The van der Waals surface area contributed by atoms with Gasteiger partial charge < -0.3 is 9.80 Å². The van der Waals surface area contributed by atoms with E-state index in [9.17, 15) is 0 Å². The molecule has 17 aromatic carbocycles. The van der Waals surface area contributed by atoms with Gasteiger partial charge in [-0.25, -0.2) is 0 Å². The predicted molar refractivity (Wildman–Crippen MR) is 626 cm³/mol. The van der Waals surface area contributed by atoms with Crippen molar-refractivity contribution in [1.29, 1.82) is 0 Å². The average Bonchev–Trinajstić information content (AvgIpc) is 0.639. The van der Waals surface area contributed by atoms with Crippen LogP contribution < -0.4 is 9.80 Å². The molecule has 140 heavy (non-hydrogen) atoms. The molecule has 0 N–H and O–H groups in total. The summed E-state index contributed by atoms with van der Waals surface area (Å²) in [7, 11) is 0. The van der Waals surface area contributed by atoms with Gasteiger partial charge >= 0.3 is 0 Å². The molecule has 0 radical (unpaired) electrons. The standard InChI is InChI=1S/C138H180N2/c1-8-15-22-29-36-40-44-48-55-63-72-105-90-115-117-92-107(74-65-57-50-46-42-38-31-24-17-10-3)96-121-125-100-114(140(111-86-80-103(81-87-111)70-61-53-34-27-20-13-6)112-88-82-104(83-89-112)71-62-54-35-28-21-14-7)101-126-122-97-108(75-66-58-51-47-43-39-32-25-18-11-4)93-118-116-91-106(73-64-56-49-45-41-37-30-23-16-9-2)95-120-124-99-113(139(109-76-67-59-68-77-109)110-84-78-102(79-85-110)69-60-52-33-26-19-12-5)98-123-119(94-105)127(115)133-135(129(117)121)138(132(125)126)136(130(118)122)134(128(116)120)137(133)131(123)124/h59,67-68,76-101H,8-58,60-66,69-75H2,1-7H3. The summed E-state index contributed by atoms with van der Waals surface area (Å²) < 4.78 is 0. The van der Waals surface area contributed by atoms with Gasteiger partial charge in [0, 0.05) is 34.1 Å². The predicted octanol–water partition coefficient (Wildman–Crippen LogP) is 45.7. The molecule has 17 rings (SSSR count). The van der Waals surface area contributed by atoms with Crippen molar-refractivity contribution in [2.45, 2.75) is 466 Å². The summed E-state index contributed by atoms with van der Waals surface area (Å²) in [6, 6.07) is 75.1. The van der Waals surface area contributed by atoms with Gasteiger partial charge in [-0.1, -0.05) is 479 Å². The second-order valence-corrected chi connectivity index (χ2v) is 44.6. The first-order valence-corrected chi connectivity index (χ1v) is 59.6. The van der Waals surface area contributed by atoms with Gasteiger partial charge in [-0.05, 0) is 331 Å². The Labute approximate surface area is 848 Å². The van der Waals surface area contributed by atoms with E-state index < -0.39 is 0 Å². The van der Waals surface area contributed by atoms with Crippen LogP contribution in [-0.2, 0) is 44.9 Å². The highest BCUT2D eigenvalue weighted by molar-refractivity contribution is 6.61. The molecule has 2 heteroatoms. The van der Waals surface area contributed by atoms with E-state index in [0.29, 0.717) is 0 Å². The molecule has 0 heterocycles. The summed E-state index contributed by atoms with van der Waals surface area (Å²) in [5.74, 6) is 0. The number of aryl methyl sites for hydroxylation is 7. The van der Waals surface area contributed by atoms with Gasteiger partial charge in [0.1, 0.15) is 0 Å². The largest absolute Gasteiger partial charge is 0.310 e. The number of fused-ring (bicyclic) bond motifs is 6. The zero-order chi connectivity index (χ0) is 96.0. The van der Waals surface area contributed by atoms with E-state index in [1.807, 2.05) is 0 Å². The maximum absolute atomic E-state index is 2.81. The van der Waals surface area contributed by atoms with Crippen molar-refractivity contribution in [3.8, 4) is 0 Å². The lowest BCUT2D eigenvalue weighted by Crippen LogP contribution is -2.11. The Morgan fingerprint density at radius 1 is 0.121 bits per heavy atom. The summed E-state index contributed by atoms with van der Waals surface area (Å²) in [4.78, 5) is 5.39. The van der Waals surface area contributed by atoms with Gasteiger partial charge in [-0.3, -0.25) is 0 Å². The smallest absolute Gasteiger partial charge is 0.0474 e. The number of para-hydroxylation sites is 1. The van der Waals surface area contributed by atoms with Gasteiger partial charge in [-0.2, -0.15) is 0 Å². The molecule has 17 aromatic rings. The van der Waals surface area contributed by atoms with Crippen LogP contribution in [0.25, 0.3) is 129 Å². The zero-order valence-electron chi connectivity index (χ0n) is 89.1. The maximum Gasteiger partial charge on any atom is 0.0474 e. The Kier molecular flexibility index (Phi) is 38.8. The van der Waals surface area contributed by atoms with Crippen molar-refractivity contribution in [3.05, 3.63) is 215 Å². The molecule has 0 aliphatic heterocycles. The third-order valence-corrected chi connectivity index (χ3v) is 33.6. The lowest BCUT2D eigenvalue weighted by Gasteiger charge is -2.32. The normalized spacial score (nSPS) is 12.4. The second-order valence-electron chi connectivity index (χ2n) is 44.6. The third-order valence-electron chi connectivity index (χ3n) is 33.6. The van der Waals surface area contributed by atoms with Gasteiger partial charge in [0.2, 0.25) is 0 Å². The number of hydrogen-bond acceptors (Lipinski definition) is 2. The minimum absolute atomic E-state index is 1.08. The Morgan fingerprint density at radius 3 is 0.436 bits per heavy atom. The van der Waals surface area contributed by atoms with Crippen molar-refractivity contribution in [1.82, 2.24) is 0 Å². The molecule has 0 atom stereocenters. The number of hydrogen-bond donors (Lipinski definition) is 0. The zero-order valence-corrected chi connectivity index (χ0v) is 89.1. The summed E-state index contributed by atoms with van der Waals surface area (Å²) in [6.07, 6.45) is 84.8. The number of anilines is 6. The average molecular weight is 1870 g/mol. The van der Waals surface area contributed by atoms with Crippen LogP contribution in [0.3, 0.4) is 0 Å². The molecular weight excluding hydrogens is 1690 g/mol. The lowest BCUT2D eigenvalue weighted by molar-refractivity contribution is 0.556. The molecule has 0 aliphatic rings. The summed E-state index contributed by atoms with van der Waals surface area (Å²) >= 11 is 0. The molecule has 0 fully saturated rings. The van der Waals surface area contributed by atoms with E-state index in [-0.39, 0.29) is 0 Å². The molecule has 2 nitrogen and oxygen atoms in total. The van der Waals surface area contributed by atoms with Crippen LogP contribution in [0, 0.1) is 0 Å². The Bertz CT molecular complexity index is 6170. The molecule has 0 aromatic heterocycles. The second kappa shape index (κ2) is 53.0. The third kappa shape index (κ3) is 24.6. The number of rotatable bonds is 71. The molecule has 0 bridgehead atoms. The van der Waals surface area contributed by atoms with Crippen LogP contribution in [0.2, 0.25) is 0 Å². The number of nitrogens with zero attached hydrogens (tertiary/aromatic N) is 2. The molecule has 0 saturated carbocycles. The van der Waals surface area contributed by atoms with Crippen molar-refractivity contribution < 1.29 is 0 Å². The number of unbranched alkanes of at least 4 members (excludes halogenated alkanes) is 51. The van der Waals surface area contributed by atoms with Crippen molar-refractivity contribution in [2.75, 3.05) is 9.80 Å². The highest BCUT2D eigenvalue weighted by Gasteiger charge is 2.35. The van der Waals surface area contributed by atoms with Crippen LogP contribution in [0.1, 0.15) is 460 Å².